The van der Waals surface area contributed by atoms with E-state index >= 15 is 0 Å². The molecule has 1 amide bonds. The Morgan fingerprint density at radius 3 is 2.77 bits per heavy atom. The number of rotatable bonds is 4. The lowest BCUT2D eigenvalue weighted by Gasteiger charge is -2.26. The zero-order valence-electron chi connectivity index (χ0n) is 12.6. The summed E-state index contributed by atoms with van der Waals surface area (Å²) < 4.78 is 1.82. The van der Waals surface area contributed by atoms with E-state index < -0.39 is 0 Å². The van der Waals surface area contributed by atoms with Gasteiger partial charge in [0.05, 0.1) is 18.8 Å². The van der Waals surface area contributed by atoms with E-state index in [0.29, 0.717) is 31.3 Å². The molecule has 1 aromatic heterocycles. The molecule has 2 aromatic rings. The number of hydrogen-bond acceptors (Lipinski definition) is 3. The number of carbonyl (C=O) groups is 1. The van der Waals surface area contributed by atoms with Crippen molar-refractivity contribution >= 4 is 17.5 Å². The second kappa shape index (κ2) is 6.50. The van der Waals surface area contributed by atoms with Gasteiger partial charge in [0.1, 0.15) is 5.15 Å². The first-order valence-electron chi connectivity index (χ1n) is 7.38. The first-order chi connectivity index (χ1) is 10.6. The quantitative estimate of drug-likeness (QED) is 0.935. The van der Waals surface area contributed by atoms with Crippen LogP contribution < -0.4 is 5.32 Å². The first-order valence-corrected chi connectivity index (χ1v) is 7.76. The molecule has 22 heavy (non-hydrogen) atoms. The fraction of sp³-hybridized carbons (Fsp3) is 0.375. The van der Waals surface area contributed by atoms with Crippen LogP contribution in [0.15, 0.2) is 30.3 Å². The number of piperazine rings is 1. The van der Waals surface area contributed by atoms with Crippen molar-refractivity contribution in [2.24, 2.45) is 0 Å². The highest BCUT2D eigenvalue weighted by molar-refractivity contribution is 6.30. The lowest BCUT2D eigenvalue weighted by molar-refractivity contribution is -0.124. The predicted octanol–water partition coefficient (Wildman–Crippen LogP) is 1.83. The van der Waals surface area contributed by atoms with E-state index in [0.717, 1.165) is 23.4 Å². The maximum atomic E-state index is 11.5. The Balaban J connectivity index is 1.76. The second-order valence-electron chi connectivity index (χ2n) is 5.56. The van der Waals surface area contributed by atoms with E-state index in [4.69, 9.17) is 11.6 Å². The minimum Gasteiger partial charge on any atom is -0.354 e. The summed E-state index contributed by atoms with van der Waals surface area (Å²) in [5, 5.41) is 8.04. The van der Waals surface area contributed by atoms with Crippen LogP contribution in [0.3, 0.4) is 0 Å². The van der Waals surface area contributed by atoms with Gasteiger partial charge in [0.25, 0.3) is 0 Å². The average molecular weight is 319 g/mol. The Hall–Kier alpha value is -1.85. The minimum atomic E-state index is 0.0664. The Kier molecular flexibility index (Phi) is 4.45. The number of nitrogens with one attached hydrogen (secondary N) is 1. The summed E-state index contributed by atoms with van der Waals surface area (Å²) in [6.45, 7) is 5.22. The van der Waals surface area contributed by atoms with E-state index in [9.17, 15) is 4.79 Å². The predicted molar refractivity (Wildman–Crippen MR) is 85.8 cm³/mol. The lowest BCUT2D eigenvalue weighted by Crippen LogP contribution is -2.47. The minimum absolute atomic E-state index is 0.0664. The summed E-state index contributed by atoms with van der Waals surface area (Å²) >= 11 is 6.51. The number of aryl methyl sites for hydroxylation is 1. The summed E-state index contributed by atoms with van der Waals surface area (Å²) in [7, 11) is 0. The van der Waals surface area contributed by atoms with Crippen LogP contribution in [0.25, 0.3) is 0 Å². The Bertz CT molecular complexity index is 668. The van der Waals surface area contributed by atoms with Crippen molar-refractivity contribution in [2.45, 2.75) is 20.0 Å². The maximum Gasteiger partial charge on any atom is 0.234 e. The van der Waals surface area contributed by atoms with Gasteiger partial charge in [-0.2, -0.15) is 5.10 Å². The molecule has 6 heteroatoms. The molecule has 0 bridgehead atoms. The van der Waals surface area contributed by atoms with E-state index in [1.165, 1.54) is 0 Å². The maximum absolute atomic E-state index is 11.5. The molecule has 116 valence electrons. The van der Waals surface area contributed by atoms with Crippen LogP contribution in [-0.4, -0.2) is 40.2 Å². The number of benzene rings is 1. The van der Waals surface area contributed by atoms with E-state index in [2.05, 4.69) is 27.4 Å². The largest absolute Gasteiger partial charge is 0.354 e. The molecule has 0 spiro atoms. The fourth-order valence-electron chi connectivity index (χ4n) is 2.68. The van der Waals surface area contributed by atoms with Crippen molar-refractivity contribution < 1.29 is 4.79 Å². The molecule has 1 aliphatic rings. The summed E-state index contributed by atoms with van der Waals surface area (Å²) in [4.78, 5) is 13.6. The van der Waals surface area contributed by atoms with E-state index in [1.54, 1.807) is 0 Å². The van der Waals surface area contributed by atoms with Gasteiger partial charge in [-0.15, -0.1) is 0 Å². The van der Waals surface area contributed by atoms with Gasteiger partial charge in [0, 0.05) is 25.2 Å². The number of halogens is 1. The lowest BCUT2D eigenvalue weighted by atomic mass is 10.2. The SMILES string of the molecule is Cc1nn(Cc2ccccc2)c(Cl)c1CN1CCNC(=O)C1. The van der Waals surface area contributed by atoms with Crippen LogP contribution >= 0.6 is 11.6 Å². The molecule has 0 radical (unpaired) electrons. The molecule has 1 aromatic carbocycles. The number of carbonyl (C=O) groups excluding carboxylic acids is 1. The van der Waals surface area contributed by atoms with Gasteiger partial charge in [-0.3, -0.25) is 9.69 Å². The van der Waals surface area contributed by atoms with E-state index in [1.807, 2.05) is 29.8 Å². The number of aromatic nitrogens is 2. The molecule has 0 aliphatic carbocycles. The van der Waals surface area contributed by atoms with Crippen molar-refractivity contribution in [3.8, 4) is 0 Å². The van der Waals surface area contributed by atoms with Crippen molar-refractivity contribution in [1.29, 1.82) is 0 Å². The molecule has 3 rings (SSSR count). The molecule has 0 saturated carbocycles. The molecule has 2 heterocycles. The first kappa shape index (κ1) is 15.1. The highest BCUT2D eigenvalue weighted by Gasteiger charge is 2.21. The molecule has 0 atom stereocenters. The van der Waals surface area contributed by atoms with Gasteiger partial charge < -0.3 is 5.32 Å². The Labute approximate surface area is 134 Å². The molecule has 0 unspecified atom stereocenters. The standard InChI is InChI=1S/C16H19ClN4O/c1-12-14(10-20-8-7-18-15(22)11-20)16(17)21(19-12)9-13-5-3-2-4-6-13/h2-6H,7-11H2,1H3,(H,18,22). The molecular formula is C16H19ClN4O. The van der Waals surface area contributed by atoms with Crippen LogP contribution in [0.5, 0.6) is 0 Å². The Morgan fingerprint density at radius 1 is 1.27 bits per heavy atom. The number of nitrogens with zero attached hydrogens (tertiary/aromatic N) is 3. The van der Waals surface area contributed by atoms with Crippen molar-refractivity contribution in [3.05, 3.63) is 52.3 Å². The van der Waals surface area contributed by atoms with Crippen molar-refractivity contribution in [1.82, 2.24) is 20.0 Å². The van der Waals surface area contributed by atoms with Gasteiger partial charge in [0.15, 0.2) is 0 Å². The van der Waals surface area contributed by atoms with Crippen LogP contribution in [0.4, 0.5) is 0 Å². The fourth-order valence-corrected chi connectivity index (χ4v) is 2.98. The highest BCUT2D eigenvalue weighted by Crippen LogP contribution is 2.22. The topological polar surface area (TPSA) is 50.2 Å². The van der Waals surface area contributed by atoms with Gasteiger partial charge in [-0.05, 0) is 12.5 Å². The smallest absolute Gasteiger partial charge is 0.234 e. The van der Waals surface area contributed by atoms with Gasteiger partial charge in [0.2, 0.25) is 5.91 Å². The zero-order chi connectivity index (χ0) is 15.5. The summed E-state index contributed by atoms with van der Waals surface area (Å²) in [6, 6.07) is 10.1. The molecule has 1 aliphatic heterocycles. The monoisotopic (exact) mass is 318 g/mol. The van der Waals surface area contributed by atoms with Gasteiger partial charge >= 0.3 is 0 Å². The summed E-state index contributed by atoms with van der Waals surface area (Å²) in [6.07, 6.45) is 0. The molecular weight excluding hydrogens is 300 g/mol. The number of hydrogen-bond donors (Lipinski definition) is 1. The summed E-state index contributed by atoms with van der Waals surface area (Å²) in [5.74, 6) is 0.0664. The molecule has 1 saturated heterocycles. The molecule has 1 N–H and O–H groups in total. The second-order valence-corrected chi connectivity index (χ2v) is 5.92. The highest BCUT2D eigenvalue weighted by atomic mass is 35.5. The number of amides is 1. The van der Waals surface area contributed by atoms with Crippen LogP contribution in [-0.2, 0) is 17.9 Å². The normalized spacial score (nSPS) is 15.8. The average Bonchev–Trinajstić information content (AvgIpc) is 2.76. The van der Waals surface area contributed by atoms with E-state index in [-0.39, 0.29) is 5.91 Å². The summed E-state index contributed by atoms with van der Waals surface area (Å²) in [5.41, 5.74) is 3.09. The zero-order valence-corrected chi connectivity index (χ0v) is 13.3. The van der Waals surface area contributed by atoms with Crippen LogP contribution in [0.2, 0.25) is 5.15 Å². The third-order valence-electron chi connectivity index (χ3n) is 3.86. The Morgan fingerprint density at radius 2 is 2.05 bits per heavy atom. The molecule has 5 nitrogen and oxygen atoms in total. The third kappa shape index (κ3) is 3.31. The van der Waals surface area contributed by atoms with Crippen LogP contribution in [0.1, 0.15) is 16.8 Å². The van der Waals surface area contributed by atoms with Crippen LogP contribution in [0, 0.1) is 6.92 Å². The van der Waals surface area contributed by atoms with Crippen molar-refractivity contribution in [3.63, 3.8) is 0 Å². The van der Waals surface area contributed by atoms with Gasteiger partial charge in [-0.25, -0.2) is 4.68 Å². The van der Waals surface area contributed by atoms with Gasteiger partial charge in [-0.1, -0.05) is 41.9 Å². The molecule has 1 fully saturated rings. The van der Waals surface area contributed by atoms with Crippen molar-refractivity contribution in [2.75, 3.05) is 19.6 Å². The third-order valence-corrected chi connectivity index (χ3v) is 4.28.